The van der Waals surface area contributed by atoms with Crippen LogP contribution in [0, 0.1) is 0 Å². The van der Waals surface area contributed by atoms with Gasteiger partial charge in [0.15, 0.2) is 0 Å². The average molecular weight is 133 g/mol. The van der Waals surface area contributed by atoms with Crippen LogP contribution in [0.25, 0.3) is 0 Å². The second kappa shape index (κ2) is 2.70. The van der Waals surface area contributed by atoms with E-state index in [0.29, 0.717) is 0 Å². The van der Waals surface area contributed by atoms with E-state index in [4.69, 9.17) is 0 Å². The van der Waals surface area contributed by atoms with Gasteiger partial charge in [0, 0.05) is 0 Å². The van der Waals surface area contributed by atoms with Gasteiger partial charge in [0.25, 0.3) is 0 Å². The first-order chi connectivity index (χ1) is 3.50. The van der Waals surface area contributed by atoms with Crippen LogP contribution in [0.15, 0.2) is 0 Å². The fourth-order valence-corrected chi connectivity index (χ4v) is 0.849. The van der Waals surface area contributed by atoms with Gasteiger partial charge >= 0.3 is 0 Å². The molecule has 0 saturated heterocycles. The third kappa shape index (κ3) is 2.02. The summed E-state index contributed by atoms with van der Waals surface area (Å²) in [5.41, 5.74) is 0. The van der Waals surface area contributed by atoms with Gasteiger partial charge in [0.2, 0.25) is 0 Å². The molecule has 0 aromatic heterocycles. The highest BCUT2D eigenvalue weighted by Gasteiger charge is 2.04. The maximum atomic E-state index is 4.12. The molecule has 2 heteroatoms. The molecule has 1 nitrogen and oxygen atoms in total. The lowest BCUT2D eigenvalue weighted by atomic mass is 11.0. The summed E-state index contributed by atoms with van der Waals surface area (Å²) in [6.07, 6.45) is 5.33. The van der Waals surface area contributed by atoms with Gasteiger partial charge in [-0.25, -0.2) is 0 Å². The molecule has 50 valence electrons. The molecule has 0 fully saturated rings. The minimum absolute atomic E-state index is 0.912. The highest BCUT2D eigenvalue weighted by atomic mass is 31.2. The van der Waals surface area contributed by atoms with Crippen molar-refractivity contribution >= 4 is 13.3 Å². The van der Waals surface area contributed by atoms with Crippen LogP contribution in [-0.4, -0.2) is 37.9 Å². The van der Waals surface area contributed by atoms with Crippen molar-refractivity contribution in [1.29, 1.82) is 0 Å². The van der Waals surface area contributed by atoms with Crippen LogP contribution in [0.2, 0.25) is 0 Å². The van der Waals surface area contributed by atoms with E-state index in [0.717, 1.165) is 0 Å². The van der Waals surface area contributed by atoms with Crippen molar-refractivity contribution in [1.82, 2.24) is 4.67 Å². The Morgan fingerprint density at radius 3 is 1.88 bits per heavy atom. The maximum absolute atomic E-state index is 4.12. The van der Waals surface area contributed by atoms with Crippen molar-refractivity contribution in [3.8, 4) is 0 Å². The molecule has 1 unspecified atom stereocenters. The van der Waals surface area contributed by atoms with Gasteiger partial charge < -0.3 is 0 Å². The summed E-state index contributed by atoms with van der Waals surface area (Å²) >= 11 is 0. The summed E-state index contributed by atoms with van der Waals surface area (Å²) in [7, 11) is 3.29. The standard InChI is InChI=1S/C6H16NP/c1-6-8(4,5)7(2)3/h4,6H2,1-3,5H3. The summed E-state index contributed by atoms with van der Waals surface area (Å²) in [6, 6.07) is 0. The molecule has 0 bridgehead atoms. The molecule has 0 aromatic carbocycles. The van der Waals surface area contributed by atoms with Crippen LogP contribution in [0.5, 0.6) is 0 Å². The predicted molar refractivity (Wildman–Crippen MR) is 44.2 cm³/mol. The Balaban J connectivity index is 3.93. The lowest BCUT2D eigenvalue weighted by Crippen LogP contribution is -2.08. The Labute approximate surface area is 52.7 Å². The SMILES string of the molecule is C=P(C)(CC)N(C)C. The highest BCUT2D eigenvalue weighted by Crippen LogP contribution is 2.41. The van der Waals surface area contributed by atoms with E-state index < -0.39 is 7.04 Å². The topological polar surface area (TPSA) is 3.24 Å². The second-order valence-electron chi connectivity index (χ2n) is 2.50. The molecule has 0 spiro atoms. The van der Waals surface area contributed by atoms with Crippen LogP contribution in [0.4, 0.5) is 0 Å². The first-order valence-corrected chi connectivity index (χ1v) is 5.44. The number of hydrogen-bond donors (Lipinski definition) is 0. The summed E-state index contributed by atoms with van der Waals surface area (Å²) in [5.74, 6) is 0. The van der Waals surface area contributed by atoms with Gasteiger partial charge in [-0.3, -0.25) is 4.67 Å². The Hall–Kier alpha value is 0.260. The summed E-state index contributed by atoms with van der Waals surface area (Å²) < 4.78 is 2.24. The van der Waals surface area contributed by atoms with Crippen LogP contribution in [0.1, 0.15) is 6.92 Å². The predicted octanol–water partition coefficient (Wildman–Crippen LogP) is 1.56. The van der Waals surface area contributed by atoms with E-state index in [1.165, 1.54) is 6.16 Å². The number of rotatable bonds is 2. The first-order valence-electron chi connectivity index (χ1n) is 2.88. The Morgan fingerprint density at radius 1 is 1.50 bits per heavy atom. The zero-order valence-electron chi connectivity index (χ0n) is 6.31. The number of nitrogens with zero attached hydrogens (tertiary/aromatic N) is 1. The minimum atomic E-state index is -0.912. The Morgan fingerprint density at radius 2 is 1.88 bits per heavy atom. The van der Waals surface area contributed by atoms with E-state index in [9.17, 15) is 0 Å². The Kier molecular flexibility index (Phi) is 2.79. The smallest absolute Gasteiger partial charge is 0.00981 e. The van der Waals surface area contributed by atoms with Crippen molar-refractivity contribution in [3.63, 3.8) is 0 Å². The molecule has 0 aliphatic rings. The van der Waals surface area contributed by atoms with Crippen molar-refractivity contribution in [3.05, 3.63) is 0 Å². The van der Waals surface area contributed by atoms with Crippen LogP contribution in [-0.2, 0) is 0 Å². The lowest BCUT2D eigenvalue weighted by Gasteiger charge is -2.25. The summed E-state index contributed by atoms with van der Waals surface area (Å²) in [4.78, 5) is 0. The molecule has 0 saturated carbocycles. The fourth-order valence-electron chi connectivity index (χ4n) is 0.283. The molecule has 0 aromatic rings. The van der Waals surface area contributed by atoms with E-state index in [2.05, 4.69) is 38.7 Å². The van der Waals surface area contributed by atoms with Gasteiger partial charge in [0.05, 0.1) is 0 Å². The molecule has 0 amide bonds. The van der Waals surface area contributed by atoms with E-state index >= 15 is 0 Å². The molecule has 0 rings (SSSR count). The van der Waals surface area contributed by atoms with Crippen LogP contribution >= 0.6 is 7.04 Å². The van der Waals surface area contributed by atoms with Gasteiger partial charge in [-0.05, 0) is 26.9 Å². The quantitative estimate of drug-likeness (QED) is 0.517. The molecule has 8 heavy (non-hydrogen) atoms. The van der Waals surface area contributed by atoms with Crippen molar-refractivity contribution in [2.45, 2.75) is 6.92 Å². The molecule has 0 aliphatic carbocycles. The molecule has 0 heterocycles. The van der Waals surface area contributed by atoms with Crippen molar-refractivity contribution in [2.75, 3.05) is 26.9 Å². The minimum Gasteiger partial charge on any atom is -0.290 e. The molecule has 0 N–H and O–H groups in total. The zero-order valence-corrected chi connectivity index (χ0v) is 7.20. The molecule has 0 radical (unpaired) electrons. The maximum Gasteiger partial charge on any atom is -0.00981 e. The van der Waals surface area contributed by atoms with E-state index in [-0.39, 0.29) is 0 Å². The van der Waals surface area contributed by atoms with Gasteiger partial charge in [-0.1, -0.05) is 20.3 Å². The zero-order chi connectivity index (χ0) is 6.78. The molecular formula is C6H16NP. The highest BCUT2D eigenvalue weighted by molar-refractivity contribution is 7.70. The van der Waals surface area contributed by atoms with Gasteiger partial charge in [-0.2, -0.15) is 0 Å². The van der Waals surface area contributed by atoms with Crippen molar-refractivity contribution in [2.24, 2.45) is 0 Å². The average Bonchev–Trinajstić information content (AvgIpc) is 1.67. The largest absolute Gasteiger partial charge is 0.290 e. The monoisotopic (exact) mass is 133 g/mol. The second-order valence-corrected chi connectivity index (χ2v) is 6.61. The first kappa shape index (κ1) is 8.26. The lowest BCUT2D eigenvalue weighted by molar-refractivity contribution is 0.676. The van der Waals surface area contributed by atoms with E-state index in [1.54, 1.807) is 0 Å². The molecule has 0 aliphatic heterocycles. The van der Waals surface area contributed by atoms with Crippen LogP contribution < -0.4 is 0 Å². The number of hydrogen-bond acceptors (Lipinski definition) is 1. The third-order valence-electron chi connectivity index (χ3n) is 1.65. The van der Waals surface area contributed by atoms with Crippen molar-refractivity contribution < 1.29 is 0 Å². The van der Waals surface area contributed by atoms with Gasteiger partial charge in [-0.15, -0.1) is 0 Å². The summed E-state index contributed by atoms with van der Waals surface area (Å²) in [6.45, 7) is 4.44. The van der Waals surface area contributed by atoms with Gasteiger partial charge in [0.1, 0.15) is 0 Å². The van der Waals surface area contributed by atoms with E-state index in [1.807, 2.05) is 0 Å². The molecular weight excluding hydrogens is 117 g/mol. The normalized spacial score (nSPS) is 18.6. The van der Waals surface area contributed by atoms with Crippen LogP contribution in [0.3, 0.4) is 0 Å². The fraction of sp³-hybridized carbons (Fsp3) is 0.833. The molecule has 1 atom stereocenters. The summed E-state index contributed by atoms with van der Waals surface area (Å²) in [5, 5.41) is 0. The third-order valence-corrected chi connectivity index (χ3v) is 4.94. The Bertz CT molecular complexity index is 107.